The van der Waals surface area contributed by atoms with Gasteiger partial charge >= 0.3 is 0 Å². The largest absolute Gasteiger partial charge is 0.493 e. The minimum Gasteiger partial charge on any atom is -0.493 e. The SMILES string of the molecule is COc1ccc(C(=O)NC(C)(C)c2ccc(Cl)cc2)cc1OC. The predicted molar refractivity (Wildman–Crippen MR) is 91.5 cm³/mol. The Bertz CT molecular complexity index is 696. The van der Waals surface area contributed by atoms with Gasteiger partial charge < -0.3 is 14.8 Å². The van der Waals surface area contributed by atoms with Crippen molar-refractivity contribution >= 4 is 17.5 Å². The van der Waals surface area contributed by atoms with E-state index in [9.17, 15) is 4.79 Å². The van der Waals surface area contributed by atoms with Crippen molar-refractivity contribution in [2.75, 3.05) is 14.2 Å². The number of amides is 1. The van der Waals surface area contributed by atoms with Gasteiger partial charge in [-0.1, -0.05) is 23.7 Å². The smallest absolute Gasteiger partial charge is 0.252 e. The zero-order chi connectivity index (χ0) is 17.0. The number of carbonyl (C=O) groups excluding carboxylic acids is 1. The summed E-state index contributed by atoms with van der Waals surface area (Å²) in [5.74, 6) is 0.913. The van der Waals surface area contributed by atoms with E-state index < -0.39 is 5.54 Å². The maximum atomic E-state index is 12.5. The number of benzene rings is 2. The minimum atomic E-state index is -0.533. The summed E-state index contributed by atoms with van der Waals surface area (Å²) < 4.78 is 10.4. The highest BCUT2D eigenvalue weighted by atomic mass is 35.5. The van der Waals surface area contributed by atoms with Crippen molar-refractivity contribution in [2.45, 2.75) is 19.4 Å². The molecule has 4 nitrogen and oxygen atoms in total. The molecular weight excluding hydrogens is 314 g/mol. The molecule has 0 spiro atoms. The summed E-state index contributed by atoms with van der Waals surface area (Å²) in [5, 5.41) is 3.68. The molecule has 0 aliphatic heterocycles. The van der Waals surface area contributed by atoms with Crippen LogP contribution in [0, 0.1) is 0 Å². The number of rotatable bonds is 5. The number of ether oxygens (including phenoxy) is 2. The summed E-state index contributed by atoms with van der Waals surface area (Å²) in [6.45, 7) is 3.88. The second-order valence-corrected chi connectivity index (χ2v) is 6.09. The summed E-state index contributed by atoms with van der Waals surface area (Å²) in [6, 6.07) is 12.5. The Balaban J connectivity index is 2.22. The van der Waals surface area contributed by atoms with Crippen LogP contribution in [-0.4, -0.2) is 20.1 Å². The molecule has 0 atom stereocenters. The first-order valence-electron chi connectivity index (χ1n) is 7.18. The number of hydrogen-bond donors (Lipinski definition) is 1. The number of carbonyl (C=O) groups is 1. The fourth-order valence-electron chi connectivity index (χ4n) is 2.27. The van der Waals surface area contributed by atoms with E-state index in [1.807, 2.05) is 26.0 Å². The first kappa shape index (κ1) is 17.2. The summed E-state index contributed by atoms with van der Waals surface area (Å²) >= 11 is 5.91. The van der Waals surface area contributed by atoms with Gasteiger partial charge in [0.2, 0.25) is 0 Å². The van der Waals surface area contributed by atoms with Crippen LogP contribution in [0.4, 0.5) is 0 Å². The molecule has 1 amide bonds. The van der Waals surface area contributed by atoms with Crippen molar-refractivity contribution in [1.82, 2.24) is 5.32 Å². The van der Waals surface area contributed by atoms with Crippen molar-refractivity contribution in [2.24, 2.45) is 0 Å². The van der Waals surface area contributed by atoms with Crippen LogP contribution in [0.15, 0.2) is 42.5 Å². The van der Waals surface area contributed by atoms with Crippen molar-refractivity contribution in [3.8, 4) is 11.5 Å². The lowest BCUT2D eigenvalue weighted by molar-refractivity contribution is 0.0911. The fraction of sp³-hybridized carbons (Fsp3) is 0.278. The lowest BCUT2D eigenvalue weighted by Crippen LogP contribution is -2.40. The second kappa shape index (κ2) is 6.92. The summed E-state index contributed by atoms with van der Waals surface area (Å²) in [7, 11) is 3.10. The van der Waals surface area contributed by atoms with Crippen LogP contribution < -0.4 is 14.8 Å². The van der Waals surface area contributed by atoms with Crippen LogP contribution in [0.1, 0.15) is 29.8 Å². The third kappa shape index (κ3) is 3.96. The van der Waals surface area contributed by atoms with E-state index in [-0.39, 0.29) is 5.91 Å². The molecule has 0 unspecified atom stereocenters. The second-order valence-electron chi connectivity index (χ2n) is 5.66. The van der Waals surface area contributed by atoms with E-state index in [0.29, 0.717) is 22.1 Å². The van der Waals surface area contributed by atoms with Crippen molar-refractivity contribution in [3.05, 3.63) is 58.6 Å². The van der Waals surface area contributed by atoms with Crippen molar-refractivity contribution in [1.29, 1.82) is 0 Å². The highest BCUT2D eigenvalue weighted by molar-refractivity contribution is 6.30. The molecule has 0 bridgehead atoms. The van der Waals surface area contributed by atoms with Crippen LogP contribution in [-0.2, 0) is 5.54 Å². The van der Waals surface area contributed by atoms with Crippen LogP contribution >= 0.6 is 11.6 Å². The highest BCUT2D eigenvalue weighted by Crippen LogP contribution is 2.28. The van der Waals surface area contributed by atoms with Gasteiger partial charge in [0.15, 0.2) is 11.5 Å². The maximum absolute atomic E-state index is 12.5. The molecule has 0 aromatic heterocycles. The molecule has 23 heavy (non-hydrogen) atoms. The predicted octanol–water partition coefficient (Wildman–Crippen LogP) is 4.02. The molecule has 122 valence electrons. The van der Waals surface area contributed by atoms with Gasteiger partial charge in [0.1, 0.15) is 0 Å². The van der Waals surface area contributed by atoms with Gasteiger partial charge in [-0.2, -0.15) is 0 Å². The lowest BCUT2D eigenvalue weighted by Gasteiger charge is -2.27. The Hall–Kier alpha value is -2.20. The molecule has 2 rings (SSSR count). The molecule has 0 fully saturated rings. The molecule has 2 aromatic rings. The molecule has 5 heteroatoms. The van der Waals surface area contributed by atoms with Crippen LogP contribution in [0.3, 0.4) is 0 Å². The van der Waals surface area contributed by atoms with Crippen LogP contribution in [0.2, 0.25) is 5.02 Å². The lowest BCUT2D eigenvalue weighted by atomic mass is 9.94. The average molecular weight is 334 g/mol. The molecule has 0 aliphatic carbocycles. The zero-order valence-electron chi connectivity index (χ0n) is 13.6. The van der Waals surface area contributed by atoms with Gasteiger partial charge in [-0.3, -0.25) is 4.79 Å². The van der Waals surface area contributed by atoms with E-state index >= 15 is 0 Å². The molecule has 1 N–H and O–H groups in total. The molecule has 0 saturated heterocycles. The number of halogens is 1. The number of hydrogen-bond acceptors (Lipinski definition) is 3. The fourth-order valence-corrected chi connectivity index (χ4v) is 2.40. The van der Waals surface area contributed by atoms with Crippen LogP contribution in [0.5, 0.6) is 11.5 Å². The summed E-state index contributed by atoms with van der Waals surface area (Å²) in [4.78, 5) is 12.5. The standard InChI is InChI=1S/C18H20ClNO3/c1-18(2,13-6-8-14(19)9-7-13)20-17(21)12-5-10-15(22-3)16(11-12)23-4/h5-11H,1-4H3,(H,20,21). The number of nitrogens with one attached hydrogen (secondary N) is 1. The van der Waals surface area contributed by atoms with Crippen molar-refractivity contribution < 1.29 is 14.3 Å². The highest BCUT2D eigenvalue weighted by Gasteiger charge is 2.24. The van der Waals surface area contributed by atoms with Crippen molar-refractivity contribution in [3.63, 3.8) is 0 Å². The van der Waals surface area contributed by atoms with E-state index in [1.165, 1.54) is 7.11 Å². The van der Waals surface area contributed by atoms with Gasteiger partial charge in [0, 0.05) is 10.6 Å². The summed E-state index contributed by atoms with van der Waals surface area (Å²) in [6.07, 6.45) is 0. The average Bonchev–Trinajstić information content (AvgIpc) is 2.54. The van der Waals surface area contributed by atoms with Crippen LogP contribution in [0.25, 0.3) is 0 Å². The van der Waals surface area contributed by atoms with E-state index in [0.717, 1.165) is 5.56 Å². The first-order valence-corrected chi connectivity index (χ1v) is 7.56. The van der Waals surface area contributed by atoms with Gasteiger partial charge in [-0.15, -0.1) is 0 Å². The Kier molecular flexibility index (Phi) is 5.16. The van der Waals surface area contributed by atoms with E-state index in [2.05, 4.69) is 5.32 Å². The third-order valence-electron chi connectivity index (χ3n) is 3.64. The van der Waals surface area contributed by atoms with E-state index in [1.54, 1.807) is 37.4 Å². The van der Waals surface area contributed by atoms with Gasteiger partial charge in [-0.05, 0) is 49.7 Å². The first-order chi connectivity index (χ1) is 10.9. The third-order valence-corrected chi connectivity index (χ3v) is 3.89. The molecule has 0 heterocycles. The summed E-state index contributed by atoms with van der Waals surface area (Å²) in [5.41, 5.74) is 0.940. The Morgan fingerprint density at radius 3 is 2.17 bits per heavy atom. The molecular formula is C18H20ClNO3. The van der Waals surface area contributed by atoms with Gasteiger partial charge in [-0.25, -0.2) is 0 Å². The molecule has 0 saturated carbocycles. The zero-order valence-corrected chi connectivity index (χ0v) is 14.4. The monoisotopic (exact) mass is 333 g/mol. The number of methoxy groups -OCH3 is 2. The quantitative estimate of drug-likeness (QED) is 0.899. The Morgan fingerprint density at radius 1 is 1.00 bits per heavy atom. The Labute approximate surface area is 141 Å². The van der Waals surface area contributed by atoms with Gasteiger partial charge in [0.25, 0.3) is 5.91 Å². The normalized spacial score (nSPS) is 11.0. The minimum absolute atomic E-state index is 0.189. The molecule has 2 aromatic carbocycles. The van der Waals surface area contributed by atoms with Gasteiger partial charge in [0.05, 0.1) is 19.8 Å². The maximum Gasteiger partial charge on any atom is 0.252 e. The Morgan fingerprint density at radius 2 is 1.61 bits per heavy atom. The topological polar surface area (TPSA) is 47.6 Å². The molecule has 0 radical (unpaired) electrons. The van der Waals surface area contributed by atoms with E-state index in [4.69, 9.17) is 21.1 Å². The molecule has 0 aliphatic rings.